The molecule has 0 bridgehead atoms. The summed E-state index contributed by atoms with van der Waals surface area (Å²) in [7, 11) is 0.0860. The van der Waals surface area contributed by atoms with E-state index in [1.807, 2.05) is 19.0 Å². The average molecular weight is 473 g/mol. The molecular weight excluding hydrogens is 444 g/mol. The molecule has 1 aliphatic rings. The molecule has 0 aliphatic carbocycles. The van der Waals surface area contributed by atoms with Gasteiger partial charge in [-0.05, 0) is 58.3 Å². The zero-order chi connectivity index (χ0) is 24.2. The molecule has 33 heavy (non-hydrogen) atoms. The van der Waals surface area contributed by atoms with Gasteiger partial charge in [0.15, 0.2) is 5.71 Å². The highest BCUT2D eigenvalue weighted by Gasteiger charge is 2.29. The van der Waals surface area contributed by atoms with Gasteiger partial charge in [-0.25, -0.2) is 13.1 Å². The van der Waals surface area contributed by atoms with E-state index in [9.17, 15) is 18.0 Å². The van der Waals surface area contributed by atoms with Crippen molar-refractivity contribution in [2.75, 3.05) is 37.9 Å². The molecule has 1 aliphatic heterocycles. The van der Waals surface area contributed by atoms with Crippen LogP contribution in [0.15, 0.2) is 52.5 Å². The lowest BCUT2D eigenvalue weighted by Gasteiger charge is -2.12. The van der Waals surface area contributed by atoms with Crippen molar-refractivity contribution in [1.82, 2.24) is 14.9 Å². The van der Waals surface area contributed by atoms with Crippen molar-refractivity contribution < 1.29 is 18.0 Å². The molecule has 176 valence electrons. The molecule has 0 radical (unpaired) electrons. The molecule has 2 amide bonds. The highest BCUT2D eigenvalue weighted by Crippen LogP contribution is 2.27. The first kappa shape index (κ1) is 24.4. The fourth-order valence-electron chi connectivity index (χ4n) is 3.17. The molecular formula is C22H28N6O4S. The Labute approximate surface area is 193 Å². The molecule has 11 heteroatoms. The summed E-state index contributed by atoms with van der Waals surface area (Å²) in [6.07, 6.45) is 0. The molecule has 1 heterocycles. The third-order valence-corrected chi connectivity index (χ3v) is 6.37. The smallest absolute Gasteiger partial charge is 0.276 e. The third kappa shape index (κ3) is 5.95. The first-order valence-corrected chi connectivity index (χ1v) is 11.9. The monoisotopic (exact) mass is 472 g/mol. The maximum absolute atomic E-state index is 12.6. The third-order valence-electron chi connectivity index (χ3n) is 4.72. The quantitative estimate of drug-likeness (QED) is 0.408. The zero-order valence-corrected chi connectivity index (χ0v) is 19.8. The number of benzene rings is 2. The van der Waals surface area contributed by atoms with Gasteiger partial charge in [0.1, 0.15) is 0 Å². The Morgan fingerprint density at radius 2 is 1.88 bits per heavy atom. The molecule has 0 fully saturated rings. The van der Waals surface area contributed by atoms with Gasteiger partial charge in [-0.15, -0.1) is 0 Å². The van der Waals surface area contributed by atoms with Gasteiger partial charge < -0.3 is 15.5 Å². The lowest BCUT2D eigenvalue weighted by molar-refractivity contribution is -0.110. The number of hydrazone groups is 1. The van der Waals surface area contributed by atoms with E-state index < -0.39 is 15.9 Å². The van der Waals surface area contributed by atoms with Crippen molar-refractivity contribution in [3.8, 4) is 0 Å². The topological polar surface area (TPSA) is 132 Å². The lowest BCUT2D eigenvalue weighted by atomic mass is 10.1. The lowest BCUT2D eigenvalue weighted by Crippen LogP contribution is -2.31. The van der Waals surface area contributed by atoms with E-state index in [0.29, 0.717) is 35.6 Å². The van der Waals surface area contributed by atoms with Crippen LogP contribution in [0.25, 0.3) is 0 Å². The average Bonchev–Trinajstić information content (AvgIpc) is 3.05. The van der Waals surface area contributed by atoms with Crippen LogP contribution in [-0.2, 0) is 14.8 Å². The van der Waals surface area contributed by atoms with E-state index >= 15 is 0 Å². The molecule has 0 spiro atoms. The summed E-state index contributed by atoms with van der Waals surface area (Å²) in [4.78, 5) is 27.0. The van der Waals surface area contributed by atoms with E-state index in [1.165, 1.54) is 18.2 Å². The van der Waals surface area contributed by atoms with Crippen LogP contribution in [0.4, 0.5) is 11.4 Å². The minimum absolute atomic E-state index is 0.0226. The van der Waals surface area contributed by atoms with Crippen molar-refractivity contribution in [1.29, 1.82) is 0 Å². The largest absolute Gasteiger partial charge is 0.351 e. The Balaban J connectivity index is 1.86. The predicted octanol–water partition coefficient (Wildman–Crippen LogP) is 1.43. The van der Waals surface area contributed by atoms with E-state index in [4.69, 9.17) is 0 Å². The summed E-state index contributed by atoms with van der Waals surface area (Å²) in [5.41, 5.74) is 4.41. The van der Waals surface area contributed by atoms with Gasteiger partial charge in [0.2, 0.25) is 10.0 Å². The van der Waals surface area contributed by atoms with Crippen molar-refractivity contribution in [3.05, 3.63) is 53.6 Å². The van der Waals surface area contributed by atoms with E-state index in [1.54, 1.807) is 38.1 Å². The van der Waals surface area contributed by atoms with Crippen LogP contribution in [0.2, 0.25) is 0 Å². The van der Waals surface area contributed by atoms with Gasteiger partial charge in [0, 0.05) is 24.7 Å². The molecule has 0 unspecified atom stereocenters. The van der Waals surface area contributed by atoms with Crippen LogP contribution < -0.4 is 20.8 Å². The Kier molecular flexibility index (Phi) is 7.46. The zero-order valence-electron chi connectivity index (χ0n) is 19.0. The predicted molar refractivity (Wildman–Crippen MR) is 128 cm³/mol. The van der Waals surface area contributed by atoms with Crippen molar-refractivity contribution in [2.24, 2.45) is 5.10 Å². The van der Waals surface area contributed by atoms with E-state index in [2.05, 4.69) is 25.9 Å². The number of likely N-dealkylation sites (N-methyl/N-ethyl adjacent to an activating group) is 1. The maximum Gasteiger partial charge on any atom is 0.276 e. The van der Waals surface area contributed by atoms with Gasteiger partial charge in [0.05, 0.1) is 21.8 Å². The highest BCUT2D eigenvalue weighted by molar-refractivity contribution is 7.89. The van der Waals surface area contributed by atoms with Crippen LogP contribution >= 0.6 is 0 Å². The van der Waals surface area contributed by atoms with Crippen molar-refractivity contribution in [2.45, 2.75) is 24.8 Å². The number of carbonyl (C=O) groups excluding carboxylic acids is 2. The van der Waals surface area contributed by atoms with Crippen LogP contribution in [0.3, 0.4) is 0 Å². The minimum atomic E-state index is -3.74. The molecule has 10 nitrogen and oxygen atoms in total. The van der Waals surface area contributed by atoms with Crippen molar-refractivity contribution in [3.63, 3.8) is 0 Å². The fourth-order valence-corrected chi connectivity index (χ4v) is 4.45. The van der Waals surface area contributed by atoms with Gasteiger partial charge in [-0.3, -0.25) is 15.0 Å². The summed E-state index contributed by atoms with van der Waals surface area (Å²) < 4.78 is 27.6. The Morgan fingerprint density at radius 3 is 2.58 bits per heavy atom. The number of sulfonamides is 1. The number of nitrogens with one attached hydrogen (secondary N) is 4. The number of hydrogen-bond acceptors (Lipinski definition) is 7. The molecule has 2 aromatic carbocycles. The van der Waals surface area contributed by atoms with Crippen molar-refractivity contribution >= 4 is 38.9 Å². The summed E-state index contributed by atoms with van der Waals surface area (Å²) in [5.74, 6) is -0.749. The number of hydrogen-bond donors (Lipinski definition) is 4. The molecule has 2 aromatic rings. The summed E-state index contributed by atoms with van der Waals surface area (Å²) in [5, 5.41) is 9.71. The van der Waals surface area contributed by atoms with Crippen LogP contribution in [-0.4, -0.2) is 64.1 Å². The number of para-hydroxylation sites is 1. The Bertz CT molecular complexity index is 1190. The second-order valence-corrected chi connectivity index (χ2v) is 9.83. The first-order valence-electron chi connectivity index (χ1n) is 10.4. The Morgan fingerprint density at radius 1 is 1.15 bits per heavy atom. The number of rotatable bonds is 9. The summed E-state index contributed by atoms with van der Waals surface area (Å²) >= 11 is 0. The number of amides is 2. The number of carbonyl (C=O) groups is 2. The van der Waals surface area contributed by atoms with Crippen LogP contribution in [0, 0.1) is 0 Å². The number of fused-ring (bicyclic) bond motifs is 1. The first-order chi connectivity index (χ1) is 15.6. The van der Waals surface area contributed by atoms with Gasteiger partial charge in [0.25, 0.3) is 11.8 Å². The van der Waals surface area contributed by atoms with Crippen LogP contribution in [0.5, 0.6) is 0 Å². The highest BCUT2D eigenvalue weighted by atomic mass is 32.2. The van der Waals surface area contributed by atoms with Gasteiger partial charge >= 0.3 is 0 Å². The normalized spacial score (nSPS) is 14.5. The molecule has 0 aromatic heterocycles. The fraction of sp³-hybridized carbons (Fsp3) is 0.318. The number of nitrogens with zero attached hydrogens (tertiary/aromatic N) is 2. The standard InChI is InChI=1S/C22H28N6O4S/c1-14(2)27-33(31,32)15-9-10-18-17(13-15)20(22(30)24-18)26-25-19-8-6-5-7-16(19)21(29)23-11-12-28(3)4/h5-10,13-14,25,27H,11-12H2,1-4H3,(H,23,29)(H,24,26,30). The molecule has 3 rings (SSSR count). The van der Waals surface area contributed by atoms with E-state index in [-0.39, 0.29) is 22.6 Å². The number of anilines is 2. The summed E-state index contributed by atoms with van der Waals surface area (Å²) in [6.45, 7) is 4.62. The maximum atomic E-state index is 12.6. The molecule has 0 saturated heterocycles. The van der Waals surface area contributed by atoms with Gasteiger partial charge in [-0.1, -0.05) is 12.1 Å². The Hall–Kier alpha value is -3.28. The van der Waals surface area contributed by atoms with Gasteiger partial charge in [-0.2, -0.15) is 5.10 Å². The minimum Gasteiger partial charge on any atom is -0.351 e. The SMILES string of the molecule is CC(C)NS(=O)(=O)c1ccc2c(c1)/C(=N/Nc1ccccc1C(=O)NCCN(C)C)C(=O)N2. The molecule has 0 saturated carbocycles. The van der Waals surface area contributed by atoms with Crippen LogP contribution in [0.1, 0.15) is 29.8 Å². The second kappa shape index (κ2) is 10.1. The second-order valence-electron chi connectivity index (χ2n) is 8.11. The van der Waals surface area contributed by atoms with E-state index in [0.717, 1.165) is 0 Å². The molecule has 0 atom stereocenters. The molecule has 4 N–H and O–H groups in total. The summed E-state index contributed by atoms with van der Waals surface area (Å²) in [6, 6.07) is 10.9.